The van der Waals surface area contributed by atoms with Gasteiger partial charge < -0.3 is 10.1 Å². The van der Waals surface area contributed by atoms with Gasteiger partial charge in [-0.1, -0.05) is 46.9 Å². The summed E-state index contributed by atoms with van der Waals surface area (Å²) >= 11 is 17.6. The Bertz CT molecular complexity index is 749. The Hall–Kier alpha value is -1.75. The summed E-state index contributed by atoms with van der Waals surface area (Å²) in [5.74, 6) is -1.17. The Kier molecular flexibility index (Phi) is 5.88. The van der Waals surface area contributed by atoms with Gasteiger partial charge >= 0.3 is 5.97 Å². The summed E-state index contributed by atoms with van der Waals surface area (Å²) in [6.45, 7) is 1.46. The van der Waals surface area contributed by atoms with Crippen molar-refractivity contribution in [1.82, 2.24) is 0 Å². The van der Waals surface area contributed by atoms with Crippen LogP contribution >= 0.6 is 34.8 Å². The van der Waals surface area contributed by atoms with Crippen LogP contribution in [0.5, 0.6) is 0 Å². The third-order valence-corrected chi connectivity index (χ3v) is 4.01. The Morgan fingerprint density at radius 3 is 2.35 bits per heavy atom. The number of benzene rings is 2. The van der Waals surface area contributed by atoms with E-state index in [4.69, 9.17) is 39.5 Å². The number of amides is 1. The highest BCUT2D eigenvalue weighted by molar-refractivity contribution is 6.42. The van der Waals surface area contributed by atoms with Crippen LogP contribution in [-0.4, -0.2) is 18.0 Å². The molecule has 2 rings (SSSR count). The van der Waals surface area contributed by atoms with Crippen LogP contribution in [0, 0.1) is 0 Å². The van der Waals surface area contributed by atoms with Gasteiger partial charge in [0.25, 0.3) is 5.91 Å². The van der Waals surface area contributed by atoms with E-state index in [1.807, 2.05) is 0 Å². The van der Waals surface area contributed by atoms with Crippen LogP contribution in [0.1, 0.15) is 17.3 Å². The Morgan fingerprint density at radius 2 is 1.70 bits per heavy atom. The number of ether oxygens (including phenoxy) is 1. The number of rotatable bonds is 4. The van der Waals surface area contributed by atoms with Crippen LogP contribution in [0.4, 0.5) is 5.69 Å². The number of halogens is 3. The number of para-hydroxylation sites is 1. The third kappa shape index (κ3) is 4.61. The van der Waals surface area contributed by atoms with Crippen LogP contribution < -0.4 is 5.32 Å². The summed E-state index contributed by atoms with van der Waals surface area (Å²) in [5.41, 5.74) is 0.647. The van der Waals surface area contributed by atoms with Crippen molar-refractivity contribution < 1.29 is 14.3 Å². The van der Waals surface area contributed by atoms with Crippen LogP contribution in [0.3, 0.4) is 0 Å². The maximum Gasteiger partial charge on any atom is 0.338 e. The number of hydrogen-bond donors (Lipinski definition) is 1. The summed E-state index contributed by atoms with van der Waals surface area (Å²) < 4.78 is 5.11. The van der Waals surface area contributed by atoms with E-state index in [9.17, 15) is 9.59 Å². The highest BCUT2D eigenvalue weighted by atomic mass is 35.5. The quantitative estimate of drug-likeness (QED) is 0.782. The molecule has 1 amide bonds. The monoisotopic (exact) mass is 371 g/mol. The minimum atomic E-state index is -1.01. The molecule has 120 valence electrons. The van der Waals surface area contributed by atoms with Gasteiger partial charge in [-0.3, -0.25) is 4.79 Å². The predicted molar refractivity (Wildman–Crippen MR) is 91.4 cm³/mol. The first kappa shape index (κ1) is 17.6. The van der Waals surface area contributed by atoms with E-state index < -0.39 is 18.0 Å². The molecule has 0 radical (unpaired) electrons. The second kappa shape index (κ2) is 7.68. The fraction of sp³-hybridized carbons (Fsp3) is 0.125. The molecule has 2 aromatic carbocycles. The molecule has 0 aliphatic heterocycles. The second-order valence-corrected chi connectivity index (χ2v) is 5.87. The average molecular weight is 373 g/mol. The zero-order valence-corrected chi connectivity index (χ0v) is 14.2. The molecule has 7 heteroatoms. The number of nitrogens with one attached hydrogen (secondary N) is 1. The molecule has 0 aromatic heterocycles. The van der Waals surface area contributed by atoms with Crippen molar-refractivity contribution in [1.29, 1.82) is 0 Å². The van der Waals surface area contributed by atoms with Gasteiger partial charge in [-0.05, 0) is 37.3 Å². The summed E-state index contributed by atoms with van der Waals surface area (Å²) in [6.07, 6.45) is -1.01. The fourth-order valence-corrected chi connectivity index (χ4v) is 2.18. The number of anilines is 1. The number of hydrogen-bond acceptors (Lipinski definition) is 3. The fourth-order valence-electron chi connectivity index (χ4n) is 1.70. The van der Waals surface area contributed by atoms with E-state index in [2.05, 4.69) is 5.32 Å². The van der Waals surface area contributed by atoms with Gasteiger partial charge in [-0.25, -0.2) is 4.79 Å². The maximum atomic E-state index is 12.1. The Balaban J connectivity index is 2.01. The van der Waals surface area contributed by atoms with Crippen molar-refractivity contribution in [3.05, 3.63) is 63.1 Å². The molecule has 0 saturated heterocycles. The van der Waals surface area contributed by atoms with Gasteiger partial charge in [0, 0.05) is 0 Å². The van der Waals surface area contributed by atoms with Gasteiger partial charge in [0.1, 0.15) is 0 Å². The van der Waals surface area contributed by atoms with Gasteiger partial charge in [-0.15, -0.1) is 0 Å². The van der Waals surface area contributed by atoms with Crippen molar-refractivity contribution >= 4 is 52.4 Å². The molecule has 0 aliphatic carbocycles. The molecule has 1 atom stereocenters. The van der Waals surface area contributed by atoms with Crippen LogP contribution in [-0.2, 0) is 9.53 Å². The molecular weight excluding hydrogens is 361 g/mol. The Morgan fingerprint density at radius 1 is 1.00 bits per heavy atom. The summed E-state index contributed by atoms with van der Waals surface area (Å²) in [4.78, 5) is 24.1. The number of carbonyl (C=O) groups excluding carboxylic acids is 2. The molecular formula is C16H12Cl3NO3. The highest BCUT2D eigenvalue weighted by Gasteiger charge is 2.20. The predicted octanol–water partition coefficient (Wildman–Crippen LogP) is 4.83. The van der Waals surface area contributed by atoms with E-state index in [0.29, 0.717) is 15.7 Å². The smallest absolute Gasteiger partial charge is 0.338 e. The van der Waals surface area contributed by atoms with Crippen molar-refractivity contribution in [3.8, 4) is 0 Å². The SMILES string of the molecule is C[C@@H](OC(=O)c1ccc(Cl)c(Cl)c1)C(=O)Nc1ccccc1Cl. The molecule has 0 aliphatic rings. The van der Waals surface area contributed by atoms with Crippen molar-refractivity contribution in [2.45, 2.75) is 13.0 Å². The van der Waals surface area contributed by atoms with E-state index >= 15 is 0 Å². The third-order valence-electron chi connectivity index (χ3n) is 2.94. The van der Waals surface area contributed by atoms with Crippen molar-refractivity contribution in [2.24, 2.45) is 0 Å². The molecule has 1 N–H and O–H groups in total. The molecule has 0 heterocycles. The van der Waals surface area contributed by atoms with E-state index in [-0.39, 0.29) is 10.6 Å². The van der Waals surface area contributed by atoms with Crippen LogP contribution in [0.15, 0.2) is 42.5 Å². The topological polar surface area (TPSA) is 55.4 Å². The van der Waals surface area contributed by atoms with Gasteiger partial charge in [0.2, 0.25) is 0 Å². The highest BCUT2D eigenvalue weighted by Crippen LogP contribution is 2.23. The van der Waals surface area contributed by atoms with Gasteiger partial charge in [0.15, 0.2) is 6.10 Å². The molecule has 0 fully saturated rings. The van der Waals surface area contributed by atoms with E-state index in [1.54, 1.807) is 24.3 Å². The lowest BCUT2D eigenvalue weighted by molar-refractivity contribution is -0.123. The second-order valence-electron chi connectivity index (χ2n) is 4.65. The van der Waals surface area contributed by atoms with Crippen LogP contribution in [0.2, 0.25) is 15.1 Å². The first-order valence-electron chi connectivity index (χ1n) is 6.60. The molecule has 0 saturated carbocycles. The largest absolute Gasteiger partial charge is 0.449 e. The lowest BCUT2D eigenvalue weighted by Gasteiger charge is -2.14. The lowest BCUT2D eigenvalue weighted by Crippen LogP contribution is -2.30. The molecule has 23 heavy (non-hydrogen) atoms. The molecule has 2 aromatic rings. The Labute approximate surface area is 148 Å². The number of carbonyl (C=O) groups is 2. The molecule has 0 bridgehead atoms. The van der Waals surface area contributed by atoms with Gasteiger partial charge in [0.05, 0.1) is 26.3 Å². The standard InChI is InChI=1S/C16H12Cl3NO3/c1-9(15(21)20-14-5-3-2-4-12(14)18)23-16(22)10-6-7-11(17)13(19)8-10/h2-9H,1H3,(H,20,21)/t9-/m1/s1. The zero-order valence-electron chi connectivity index (χ0n) is 12.0. The van der Waals surface area contributed by atoms with Crippen molar-refractivity contribution in [2.75, 3.05) is 5.32 Å². The zero-order chi connectivity index (χ0) is 17.0. The maximum absolute atomic E-state index is 12.1. The summed E-state index contributed by atoms with van der Waals surface area (Å²) in [5, 5.41) is 3.54. The van der Waals surface area contributed by atoms with Crippen molar-refractivity contribution in [3.63, 3.8) is 0 Å². The van der Waals surface area contributed by atoms with Gasteiger partial charge in [-0.2, -0.15) is 0 Å². The first-order chi connectivity index (χ1) is 10.9. The summed E-state index contributed by atoms with van der Waals surface area (Å²) in [7, 11) is 0. The minimum absolute atomic E-state index is 0.205. The first-order valence-corrected chi connectivity index (χ1v) is 7.73. The van der Waals surface area contributed by atoms with E-state index in [1.165, 1.54) is 25.1 Å². The molecule has 0 spiro atoms. The normalized spacial score (nSPS) is 11.7. The van der Waals surface area contributed by atoms with E-state index in [0.717, 1.165) is 0 Å². The minimum Gasteiger partial charge on any atom is -0.449 e. The number of esters is 1. The molecule has 0 unspecified atom stereocenters. The average Bonchev–Trinajstić information content (AvgIpc) is 2.52. The molecule has 4 nitrogen and oxygen atoms in total. The summed E-state index contributed by atoms with van der Waals surface area (Å²) in [6, 6.07) is 11.1. The van der Waals surface area contributed by atoms with Crippen LogP contribution in [0.25, 0.3) is 0 Å². The lowest BCUT2D eigenvalue weighted by atomic mass is 10.2.